The third-order valence-corrected chi connectivity index (χ3v) is 2.93. The molecular weight excluding hydrogens is 256 g/mol. The Kier molecular flexibility index (Phi) is 7.17. The number of ether oxygens (including phenoxy) is 1. The first kappa shape index (κ1) is 16.0. The summed E-state index contributed by atoms with van der Waals surface area (Å²) in [4.78, 5) is 22.5. The molecule has 0 aliphatic carbocycles. The SMILES string of the molecule is CCOC(=O)CNC(=O)NCCC(C)c1ccccc1. The van der Waals surface area contributed by atoms with Gasteiger partial charge in [0.05, 0.1) is 6.61 Å². The average molecular weight is 278 g/mol. The van der Waals surface area contributed by atoms with Gasteiger partial charge in [-0.2, -0.15) is 0 Å². The lowest BCUT2D eigenvalue weighted by atomic mass is 9.98. The number of esters is 1. The van der Waals surface area contributed by atoms with Crippen LogP contribution in [-0.2, 0) is 9.53 Å². The molecular formula is C15H22N2O3. The van der Waals surface area contributed by atoms with Gasteiger partial charge in [-0.05, 0) is 24.8 Å². The molecule has 1 aromatic carbocycles. The summed E-state index contributed by atoms with van der Waals surface area (Å²) in [6.07, 6.45) is 0.844. The van der Waals surface area contributed by atoms with Crippen molar-refractivity contribution in [2.45, 2.75) is 26.2 Å². The van der Waals surface area contributed by atoms with Gasteiger partial charge in [0, 0.05) is 6.54 Å². The number of hydrogen-bond donors (Lipinski definition) is 2. The number of hydrogen-bond acceptors (Lipinski definition) is 3. The molecule has 0 radical (unpaired) electrons. The second kappa shape index (κ2) is 8.96. The highest BCUT2D eigenvalue weighted by Gasteiger charge is 2.07. The quantitative estimate of drug-likeness (QED) is 0.750. The van der Waals surface area contributed by atoms with Crippen molar-refractivity contribution in [3.63, 3.8) is 0 Å². The third kappa shape index (κ3) is 6.22. The Bertz CT molecular complexity index is 420. The van der Waals surface area contributed by atoms with Crippen molar-refractivity contribution in [3.8, 4) is 0 Å². The number of nitrogens with one attached hydrogen (secondary N) is 2. The van der Waals surface area contributed by atoms with Crippen LogP contribution in [0.2, 0.25) is 0 Å². The molecule has 0 aliphatic rings. The molecule has 1 atom stereocenters. The topological polar surface area (TPSA) is 67.4 Å². The molecule has 0 bridgehead atoms. The Morgan fingerprint density at radius 3 is 2.55 bits per heavy atom. The lowest BCUT2D eigenvalue weighted by Crippen LogP contribution is -2.39. The van der Waals surface area contributed by atoms with Crippen LogP contribution in [0, 0.1) is 0 Å². The van der Waals surface area contributed by atoms with E-state index in [4.69, 9.17) is 4.74 Å². The molecule has 110 valence electrons. The molecule has 0 fully saturated rings. The summed E-state index contributed by atoms with van der Waals surface area (Å²) in [7, 11) is 0. The van der Waals surface area contributed by atoms with Gasteiger partial charge < -0.3 is 15.4 Å². The standard InChI is InChI=1S/C15H22N2O3/c1-3-20-14(18)11-17-15(19)16-10-9-12(2)13-7-5-4-6-8-13/h4-8,12H,3,9-11H2,1-2H3,(H2,16,17,19). The highest BCUT2D eigenvalue weighted by atomic mass is 16.5. The number of carbonyl (C=O) groups excluding carboxylic acids is 2. The van der Waals surface area contributed by atoms with Crippen LogP contribution in [0.25, 0.3) is 0 Å². The second-order valence-electron chi connectivity index (χ2n) is 4.51. The lowest BCUT2D eigenvalue weighted by Gasteiger charge is -2.12. The van der Waals surface area contributed by atoms with Gasteiger partial charge in [0.25, 0.3) is 0 Å². The zero-order chi connectivity index (χ0) is 14.8. The van der Waals surface area contributed by atoms with Crippen molar-refractivity contribution >= 4 is 12.0 Å². The summed E-state index contributed by atoms with van der Waals surface area (Å²) in [5.74, 6) is -0.0538. The van der Waals surface area contributed by atoms with E-state index in [2.05, 4.69) is 29.7 Å². The van der Waals surface area contributed by atoms with E-state index < -0.39 is 5.97 Å². The van der Waals surface area contributed by atoms with Crippen molar-refractivity contribution in [3.05, 3.63) is 35.9 Å². The maximum absolute atomic E-state index is 11.4. The number of carbonyl (C=O) groups is 2. The fourth-order valence-electron chi connectivity index (χ4n) is 1.78. The van der Waals surface area contributed by atoms with E-state index in [1.54, 1.807) is 6.92 Å². The number of amides is 2. The predicted octanol–water partition coefficient (Wildman–Crippen LogP) is 2.04. The van der Waals surface area contributed by atoms with Crippen molar-refractivity contribution < 1.29 is 14.3 Å². The Balaban J connectivity index is 2.17. The van der Waals surface area contributed by atoms with Gasteiger partial charge in [-0.25, -0.2) is 4.79 Å². The third-order valence-electron chi connectivity index (χ3n) is 2.93. The predicted molar refractivity (Wildman–Crippen MR) is 77.5 cm³/mol. The zero-order valence-corrected chi connectivity index (χ0v) is 12.0. The minimum absolute atomic E-state index is 0.103. The average Bonchev–Trinajstić information content (AvgIpc) is 2.46. The molecule has 1 rings (SSSR count). The van der Waals surface area contributed by atoms with Gasteiger partial charge in [0.2, 0.25) is 0 Å². The van der Waals surface area contributed by atoms with Crippen molar-refractivity contribution in [1.82, 2.24) is 10.6 Å². The van der Waals surface area contributed by atoms with Crippen LogP contribution in [0.1, 0.15) is 31.7 Å². The fourth-order valence-corrected chi connectivity index (χ4v) is 1.78. The van der Waals surface area contributed by atoms with Gasteiger partial charge in [0.15, 0.2) is 0 Å². The smallest absolute Gasteiger partial charge is 0.325 e. The highest BCUT2D eigenvalue weighted by Crippen LogP contribution is 2.17. The first-order valence-electron chi connectivity index (χ1n) is 6.85. The van der Waals surface area contributed by atoms with E-state index in [9.17, 15) is 9.59 Å². The first-order valence-corrected chi connectivity index (χ1v) is 6.85. The molecule has 5 heteroatoms. The van der Waals surface area contributed by atoms with Crippen LogP contribution in [0.5, 0.6) is 0 Å². The highest BCUT2D eigenvalue weighted by molar-refractivity contribution is 5.80. The van der Waals surface area contributed by atoms with E-state index in [1.165, 1.54) is 5.56 Å². The second-order valence-corrected chi connectivity index (χ2v) is 4.51. The lowest BCUT2D eigenvalue weighted by molar-refractivity contribution is -0.141. The number of benzene rings is 1. The van der Waals surface area contributed by atoms with Gasteiger partial charge in [-0.1, -0.05) is 37.3 Å². The van der Waals surface area contributed by atoms with Crippen molar-refractivity contribution in [2.24, 2.45) is 0 Å². The van der Waals surface area contributed by atoms with E-state index >= 15 is 0 Å². The zero-order valence-electron chi connectivity index (χ0n) is 12.0. The maximum Gasteiger partial charge on any atom is 0.325 e. The minimum Gasteiger partial charge on any atom is -0.465 e. The van der Waals surface area contributed by atoms with Crippen LogP contribution in [0.15, 0.2) is 30.3 Å². The summed E-state index contributed by atoms with van der Waals surface area (Å²) < 4.78 is 4.71. The van der Waals surface area contributed by atoms with Crippen molar-refractivity contribution in [2.75, 3.05) is 19.7 Å². The van der Waals surface area contributed by atoms with Crippen LogP contribution in [0.4, 0.5) is 4.79 Å². The molecule has 2 N–H and O–H groups in total. The molecule has 0 saturated heterocycles. The van der Waals surface area contributed by atoms with Crippen LogP contribution >= 0.6 is 0 Å². The van der Waals surface area contributed by atoms with Crippen molar-refractivity contribution in [1.29, 1.82) is 0 Å². The molecule has 0 heterocycles. The molecule has 0 aliphatic heterocycles. The summed E-state index contributed by atoms with van der Waals surface area (Å²) in [6.45, 7) is 4.62. The molecule has 5 nitrogen and oxygen atoms in total. The van der Waals surface area contributed by atoms with Gasteiger partial charge in [-0.15, -0.1) is 0 Å². The minimum atomic E-state index is -0.430. The van der Waals surface area contributed by atoms with Crippen LogP contribution in [-0.4, -0.2) is 31.7 Å². The van der Waals surface area contributed by atoms with E-state index in [0.717, 1.165) is 6.42 Å². The molecule has 20 heavy (non-hydrogen) atoms. The van der Waals surface area contributed by atoms with Gasteiger partial charge >= 0.3 is 12.0 Å². The fraction of sp³-hybridized carbons (Fsp3) is 0.467. The Hall–Kier alpha value is -2.04. The molecule has 0 saturated carbocycles. The Labute approximate surface area is 119 Å². The summed E-state index contributed by atoms with van der Waals surface area (Å²) >= 11 is 0. The molecule has 2 amide bonds. The van der Waals surface area contributed by atoms with Gasteiger partial charge in [-0.3, -0.25) is 4.79 Å². The van der Waals surface area contributed by atoms with E-state index in [1.807, 2.05) is 18.2 Å². The van der Waals surface area contributed by atoms with Crippen LogP contribution in [0.3, 0.4) is 0 Å². The number of urea groups is 1. The largest absolute Gasteiger partial charge is 0.465 e. The monoisotopic (exact) mass is 278 g/mol. The van der Waals surface area contributed by atoms with E-state index in [-0.39, 0.29) is 12.6 Å². The molecule has 1 aromatic rings. The number of rotatable bonds is 7. The first-order chi connectivity index (χ1) is 9.63. The van der Waals surface area contributed by atoms with Crippen LogP contribution < -0.4 is 10.6 Å². The summed E-state index contributed by atoms with van der Waals surface area (Å²) in [5, 5.41) is 5.18. The maximum atomic E-state index is 11.4. The Morgan fingerprint density at radius 2 is 1.90 bits per heavy atom. The normalized spacial score (nSPS) is 11.5. The van der Waals surface area contributed by atoms with E-state index in [0.29, 0.717) is 19.1 Å². The molecule has 1 unspecified atom stereocenters. The molecule has 0 spiro atoms. The Morgan fingerprint density at radius 1 is 1.20 bits per heavy atom. The molecule has 0 aromatic heterocycles. The van der Waals surface area contributed by atoms with Gasteiger partial charge in [0.1, 0.15) is 6.54 Å². The summed E-state index contributed by atoms with van der Waals surface area (Å²) in [6, 6.07) is 9.79. The summed E-state index contributed by atoms with van der Waals surface area (Å²) in [5.41, 5.74) is 1.25.